The second-order valence-electron chi connectivity index (χ2n) is 8.85. The number of carbonyl (C=O) groups excluding carboxylic acids is 2. The van der Waals surface area contributed by atoms with E-state index >= 15 is 0 Å². The number of fused-ring (bicyclic) bond motifs is 1. The number of nitrogens with one attached hydrogen (secondary N) is 3. The summed E-state index contributed by atoms with van der Waals surface area (Å²) in [5.74, 6) is -1.12. The molecule has 1 atom stereocenters. The fourth-order valence-electron chi connectivity index (χ4n) is 4.17. The van der Waals surface area contributed by atoms with Crippen LogP contribution in [0.2, 0.25) is 0 Å². The van der Waals surface area contributed by atoms with Crippen molar-refractivity contribution in [2.24, 2.45) is 5.92 Å². The molecule has 0 spiro atoms. The van der Waals surface area contributed by atoms with Crippen LogP contribution in [0.25, 0.3) is 11.3 Å². The SMILES string of the molecule is CC(C)(C[N+](=O)[O-])NC(=O)C1CC(=O)c2c([nH]c(-c3ccncc3)c2Nc2ccccc2)C1. The smallest absolute Gasteiger partial charge is 0.226 e. The van der Waals surface area contributed by atoms with Gasteiger partial charge in [-0.3, -0.25) is 24.7 Å². The lowest BCUT2D eigenvalue weighted by molar-refractivity contribution is -0.489. The van der Waals surface area contributed by atoms with Gasteiger partial charge >= 0.3 is 0 Å². The third-order valence-corrected chi connectivity index (χ3v) is 5.61. The van der Waals surface area contributed by atoms with E-state index in [1.54, 1.807) is 26.2 Å². The maximum Gasteiger partial charge on any atom is 0.226 e. The van der Waals surface area contributed by atoms with Crippen molar-refractivity contribution in [1.29, 1.82) is 0 Å². The summed E-state index contributed by atoms with van der Waals surface area (Å²) in [7, 11) is 0. The van der Waals surface area contributed by atoms with Gasteiger partial charge in [0.2, 0.25) is 12.5 Å². The van der Waals surface area contributed by atoms with Gasteiger partial charge in [-0.05, 0) is 38.1 Å². The van der Waals surface area contributed by atoms with E-state index in [1.807, 2.05) is 42.5 Å². The normalized spacial score (nSPS) is 15.6. The number of nitro groups is 1. The molecule has 170 valence electrons. The van der Waals surface area contributed by atoms with E-state index in [2.05, 4.69) is 20.6 Å². The Bertz CT molecular complexity index is 1190. The second-order valence-corrected chi connectivity index (χ2v) is 8.85. The van der Waals surface area contributed by atoms with Gasteiger partial charge in [-0.1, -0.05) is 18.2 Å². The van der Waals surface area contributed by atoms with Crippen LogP contribution < -0.4 is 10.6 Å². The minimum Gasteiger partial charge on any atom is -0.356 e. The Morgan fingerprint density at radius 3 is 2.55 bits per heavy atom. The molecule has 0 aliphatic heterocycles. The Morgan fingerprint density at radius 2 is 1.88 bits per heavy atom. The number of hydrogen-bond donors (Lipinski definition) is 3. The predicted octanol–water partition coefficient (Wildman–Crippen LogP) is 3.74. The van der Waals surface area contributed by atoms with E-state index in [0.29, 0.717) is 23.4 Å². The molecule has 1 aliphatic rings. The number of benzene rings is 1. The molecule has 2 heterocycles. The van der Waals surface area contributed by atoms with E-state index in [-0.39, 0.29) is 18.1 Å². The molecule has 1 aromatic carbocycles. The molecule has 1 amide bonds. The van der Waals surface area contributed by atoms with E-state index in [1.165, 1.54) is 0 Å². The number of amides is 1. The number of pyridine rings is 1. The Kier molecular flexibility index (Phi) is 5.95. The number of H-pyrrole nitrogens is 1. The second kappa shape index (κ2) is 8.85. The highest BCUT2D eigenvalue weighted by atomic mass is 16.6. The molecule has 3 aromatic rings. The maximum absolute atomic E-state index is 13.2. The Morgan fingerprint density at radius 1 is 1.18 bits per heavy atom. The highest BCUT2D eigenvalue weighted by Crippen LogP contribution is 2.39. The topological polar surface area (TPSA) is 130 Å². The van der Waals surface area contributed by atoms with Crippen LogP contribution in [-0.2, 0) is 11.2 Å². The van der Waals surface area contributed by atoms with Crippen LogP contribution in [0.5, 0.6) is 0 Å². The van der Waals surface area contributed by atoms with Gasteiger partial charge in [0.25, 0.3) is 0 Å². The molecule has 0 saturated carbocycles. The molecule has 0 radical (unpaired) electrons. The van der Waals surface area contributed by atoms with Crippen molar-refractivity contribution in [2.45, 2.75) is 32.2 Å². The number of aromatic amines is 1. The summed E-state index contributed by atoms with van der Waals surface area (Å²) in [4.78, 5) is 44.0. The fraction of sp³-hybridized carbons (Fsp3) is 0.292. The minimum absolute atomic E-state index is 0.0322. The zero-order valence-electron chi connectivity index (χ0n) is 18.4. The number of hydrogen-bond acceptors (Lipinski definition) is 6. The Labute approximate surface area is 190 Å². The van der Waals surface area contributed by atoms with Gasteiger partial charge in [-0.2, -0.15) is 0 Å². The summed E-state index contributed by atoms with van der Waals surface area (Å²) in [6.07, 6.45) is 3.72. The van der Waals surface area contributed by atoms with Gasteiger partial charge < -0.3 is 15.6 Å². The van der Waals surface area contributed by atoms with Gasteiger partial charge in [-0.25, -0.2) is 0 Å². The van der Waals surface area contributed by atoms with Crippen LogP contribution in [-0.4, -0.2) is 38.7 Å². The summed E-state index contributed by atoms with van der Waals surface area (Å²) in [6, 6.07) is 13.2. The lowest BCUT2D eigenvalue weighted by atomic mass is 9.85. The first-order chi connectivity index (χ1) is 15.7. The quantitative estimate of drug-likeness (QED) is 0.374. The molecule has 9 heteroatoms. The Balaban J connectivity index is 1.67. The first-order valence-electron chi connectivity index (χ1n) is 10.7. The molecule has 3 N–H and O–H groups in total. The molecule has 1 aliphatic carbocycles. The average molecular weight is 447 g/mol. The first kappa shape index (κ1) is 22.2. The zero-order valence-corrected chi connectivity index (χ0v) is 18.4. The zero-order chi connectivity index (χ0) is 23.6. The lowest BCUT2D eigenvalue weighted by Gasteiger charge is -2.27. The summed E-state index contributed by atoms with van der Waals surface area (Å²) in [5.41, 5.74) is 3.31. The molecule has 1 unspecified atom stereocenters. The van der Waals surface area contributed by atoms with Crippen LogP contribution in [0.3, 0.4) is 0 Å². The summed E-state index contributed by atoms with van der Waals surface area (Å²) < 4.78 is 0. The number of Topliss-reactive ketones (excluding diaryl/α,β-unsaturated/α-hetero) is 1. The van der Waals surface area contributed by atoms with Crippen molar-refractivity contribution in [3.8, 4) is 11.3 Å². The number of aromatic nitrogens is 2. The van der Waals surface area contributed by atoms with E-state index in [4.69, 9.17) is 0 Å². The van der Waals surface area contributed by atoms with E-state index in [0.717, 1.165) is 16.9 Å². The van der Waals surface area contributed by atoms with Crippen molar-refractivity contribution in [3.63, 3.8) is 0 Å². The van der Waals surface area contributed by atoms with Crippen LogP contribution in [0.4, 0.5) is 11.4 Å². The molecule has 0 bridgehead atoms. The molecule has 2 aromatic heterocycles. The third kappa shape index (κ3) is 4.92. The molecule has 4 rings (SSSR count). The average Bonchev–Trinajstić information content (AvgIpc) is 3.12. The molecule has 33 heavy (non-hydrogen) atoms. The number of rotatable bonds is 7. The van der Waals surface area contributed by atoms with Gasteiger partial charge in [0.15, 0.2) is 5.78 Å². The molecule has 9 nitrogen and oxygen atoms in total. The van der Waals surface area contributed by atoms with Crippen LogP contribution >= 0.6 is 0 Å². The maximum atomic E-state index is 13.2. The molecule has 0 saturated heterocycles. The molecule has 0 fully saturated rings. The number of para-hydroxylation sites is 1. The van der Waals surface area contributed by atoms with Crippen molar-refractivity contribution in [2.75, 3.05) is 11.9 Å². The largest absolute Gasteiger partial charge is 0.356 e. The monoisotopic (exact) mass is 447 g/mol. The molecular formula is C24H25N5O4. The van der Waals surface area contributed by atoms with E-state index in [9.17, 15) is 19.7 Å². The van der Waals surface area contributed by atoms with Gasteiger partial charge in [0.1, 0.15) is 0 Å². The van der Waals surface area contributed by atoms with Crippen molar-refractivity contribution in [3.05, 3.63) is 76.2 Å². The molecular weight excluding hydrogens is 422 g/mol. The summed E-state index contributed by atoms with van der Waals surface area (Å²) >= 11 is 0. The fourth-order valence-corrected chi connectivity index (χ4v) is 4.17. The lowest BCUT2D eigenvalue weighted by Crippen LogP contribution is -2.51. The third-order valence-electron chi connectivity index (χ3n) is 5.61. The van der Waals surface area contributed by atoms with Crippen molar-refractivity contribution >= 4 is 23.1 Å². The predicted molar refractivity (Wildman–Crippen MR) is 124 cm³/mol. The number of carbonyl (C=O) groups is 2. The number of ketones is 1. The van der Waals surface area contributed by atoms with Gasteiger partial charge in [-0.15, -0.1) is 0 Å². The van der Waals surface area contributed by atoms with Crippen molar-refractivity contribution < 1.29 is 14.5 Å². The summed E-state index contributed by atoms with van der Waals surface area (Å²) in [5, 5.41) is 17.0. The van der Waals surface area contributed by atoms with Gasteiger partial charge in [0.05, 0.1) is 28.4 Å². The van der Waals surface area contributed by atoms with Gasteiger partial charge in [0, 0.05) is 47.1 Å². The van der Waals surface area contributed by atoms with Crippen LogP contribution in [0.15, 0.2) is 54.9 Å². The van der Waals surface area contributed by atoms with Crippen LogP contribution in [0.1, 0.15) is 36.3 Å². The standard InChI is InChI=1S/C24H25N5O4/c1-24(2,14-29(32)33)28-23(31)16-12-18-20(19(30)13-16)22(26-17-6-4-3-5-7-17)21(27-18)15-8-10-25-11-9-15/h3-11,16,26-27H,12-14H2,1-2H3,(H,28,31). The highest BCUT2D eigenvalue weighted by molar-refractivity contribution is 6.09. The number of nitrogens with zero attached hydrogens (tertiary/aromatic N) is 2. The highest BCUT2D eigenvalue weighted by Gasteiger charge is 2.37. The number of anilines is 2. The van der Waals surface area contributed by atoms with Crippen LogP contribution in [0, 0.1) is 16.0 Å². The van der Waals surface area contributed by atoms with Crippen molar-refractivity contribution in [1.82, 2.24) is 15.3 Å². The van der Waals surface area contributed by atoms with E-state index < -0.39 is 22.9 Å². The summed E-state index contributed by atoms with van der Waals surface area (Å²) in [6.45, 7) is 2.80. The first-order valence-corrected chi connectivity index (χ1v) is 10.7. The minimum atomic E-state index is -1.01. The Hall–Kier alpha value is -4.01.